The summed E-state index contributed by atoms with van der Waals surface area (Å²) in [6.45, 7) is 10.4. The van der Waals surface area contributed by atoms with Crippen LogP contribution >= 0.6 is 0 Å². The van der Waals surface area contributed by atoms with Crippen LogP contribution in [-0.4, -0.2) is 40.8 Å². The fourth-order valence-corrected chi connectivity index (χ4v) is 4.16. The standard InChI is InChI=1S/C22H25N3O2/c1-4-24(5-2)10-11-25-19-8-6-15(14(3)26)12-17(19)21-18-13-23-22(27)16(18)7-9-20(21)25/h6-9,12H,4-5,10-11,13H2,1-3H3,(H,23,27). The summed E-state index contributed by atoms with van der Waals surface area (Å²) in [6, 6.07) is 9.91. The number of hydrogen-bond donors (Lipinski definition) is 1. The van der Waals surface area contributed by atoms with Crippen molar-refractivity contribution >= 4 is 33.5 Å². The first kappa shape index (κ1) is 17.7. The van der Waals surface area contributed by atoms with Gasteiger partial charge in [-0.3, -0.25) is 9.59 Å². The third-order valence-electron chi connectivity index (χ3n) is 5.75. The molecule has 3 aromatic rings. The molecule has 0 saturated heterocycles. The highest BCUT2D eigenvalue weighted by atomic mass is 16.2. The normalized spacial score (nSPS) is 13.6. The van der Waals surface area contributed by atoms with Gasteiger partial charge in [-0.05, 0) is 55.9 Å². The zero-order valence-electron chi connectivity index (χ0n) is 16.1. The first-order valence-corrected chi connectivity index (χ1v) is 9.64. The molecule has 4 rings (SSSR count). The van der Waals surface area contributed by atoms with Gasteiger partial charge in [0.05, 0.1) is 0 Å². The molecule has 27 heavy (non-hydrogen) atoms. The lowest BCUT2D eigenvalue weighted by molar-refractivity contribution is 0.0964. The van der Waals surface area contributed by atoms with Gasteiger partial charge in [-0.1, -0.05) is 13.8 Å². The zero-order valence-corrected chi connectivity index (χ0v) is 16.1. The SMILES string of the molecule is CCN(CC)CCn1c2ccc(C(C)=O)cc2c2c3c(ccc21)C(=O)NC3. The number of nitrogens with one attached hydrogen (secondary N) is 1. The number of hydrogen-bond acceptors (Lipinski definition) is 3. The van der Waals surface area contributed by atoms with Crippen molar-refractivity contribution in [2.75, 3.05) is 19.6 Å². The number of amides is 1. The number of rotatable bonds is 6. The maximum absolute atomic E-state index is 12.1. The van der Waals surface area contributed by atoms with E-state index in [0.717, 1.165) is 59.1 Å². The van der Waals surface area contributed by atoms with E-state index in [1.165, 1.54) is 0 Å². The monoisotopic (exact) mass is 363 g/mol. The molecule has 2 heterocycles. The molecule has 0 spiro atoms. The number of nitrogens with zero attached hydrogens (tertiary/aromatic N) is 2. The Hall–Kier alpha value is -2.66. The fraction of sp³-hybridized carbons (Fsp3) is 0.364. The Bertz CT molecular complexity index is 1060. The molecule has 140 valence electrons. The van der Waals surface area contributed by atoms with E-state index in [1.54, 1.807) is 6.92 Å². The third-order valence-corrected chi connectivity index (χ3v) is 5.75. The Morgan fingerprint density at radius 3 is 2.59 bits per heavy atom. The van der Waals surface area contributed by atoms with Crippen molar-refractivity contribution in [2.24, 2.45) is 0 Å². The topological polar surface area (TPSA) is 54.3 Å². The predicted molar refractivity (Wildman–Crippen MR) is 108 cm³/mol. The molecular weight excluding hydrogens is 338 g/mol. The molecule has 5 heteroatoms. The second-order valence-corrected chi connectivity index (χ2v) is 7.14. The second kappa shape index (κ2) is 6.82. The minimum Gasteiger partial charge on any atom is -0.348 e. The summed E-state index contributed by atoms with van der Waals surface area (Å²) in [4.78, 5) is 26.5. The van der Waals surface area contributed by atoms with Crippen LogP contribution in [0.5, 0.6) is 0 Å². The molecule has 1 aromatic heterocycles. The number of fused-ring (bicyclic) bond motifs is 5. The molecule has 2 aromatic carbocycles. The van der Waals surface area contributed by atoms with Gasteiger partial charge in [0.25, 0.3) is 5.91 Å². The number of likely N-dealkylation sites (N-methyl/N-ethyl adjacent to an activating group) is 1. The van der Waals surface area contributed by atoms with Crippen molar-refractivity contribution in [3.63, 3.8) is 0 Å². The number of carbonyl (C=O) groups excluding carboxylic acids is 2. The molecule has 1 aliphatic heterocycles. The van der Waals surface area contributed by atoms with Gasteiger partial charge < -0.3 is 14.8 Å². The van der Waals surface area contributed by atoms with Crippen LogP contribution in [0.2, 0.25) is 0 Å². The molecule has 1 amide bonds. The van der Waals surface area contributed by atoms with Crippen LogP contribution in [0.15, 0.2) is 30.3 Å². The summed E-state index contributed by atoms with van der Waals surface area (Å²) >= 11 is 0. The van der Waals surface area contributed by atoms with E-state index in [1.807, 2.05) is 24.3 Å². The van der Waals surface area contributed by atoms with Gasteiger partial charge in [0.15, 0.2) is 5.78 Å². The predicted octanol–water partition coefficient (Wildman–Crippen LogP) is 3.58. The number of aromatic nitrogens is 1. The minimum absolute atomic E-state index is 0.0151. The Morgan fingerprint density at radius 2 is 1.89 bits per heavy atom. The van der Waals surface area contributed by atoms with E-state index < -0.39 is 0 Å². The van der Waals surface area contributed by atoms with Crippen molar-refractivity contribution < 1.29 is 9.59 Å². The van der Waals surface area contributed by atoms with Crippen molar-refractivity contribution in [1.82, 2.24) is 14.8 Å². The zero-order chi connectivity index (χ0) is 19.1. The van der Waals surface area contributed by atoms with Crippen molar-refractivity contribution in [3.8, 4) is 0 Å². The largest absolute Gasteiger partial charge is 0.348 e. The number of carbonyl (C=O) groups is 2. The summed E-state index contributed by atoms with van der Waals surface area (Å²) in [5.41, 5.74) is 4.76. The quantitative estimate of drug-likeness (QED) is 0.681. The van der Waals surface area contributed by atoms with Crippen molar-refractivity contribution in [2.45, 2.75) is 33.9 Å². The number of Topliss-reactive ketones (excluding diaryl/α,β-unsaturated/α-hetero) is 1. The molecule has 0 atom stereocenters. The van der Waals surface area contributed by atoms with Crippen LogP contribution in [0.4, 0.5) is 0 Å². The molecule has 0 aliphatic carbocycles. The van der Waals surface area contributed by atoms with Crippen LogP contribution in [0.25, 0.3) is 21.8 Å². The summed E-state index contributed by atoms with van der Waals surface area (Å²) in [5.74, 6) is 0.0429. The van der Waals surface area contributed by atoms with Gasteiger partial charge in [-0.2, -0.15) is 0 Å². The molecule has 1 aliphatic rings. The van der Waals surface area contributed by atoms with Gasteiger partial charge in [0.2, 0.25) is 0 Å². The second-order valence-electron chi connectivity index (χ2n) is 7.14. The Balaban J connectivity index is 1.96. The maximum Gasteiger partial charge on any atom is 0.251 e. The maximum atomic E-state index is 12.1. The molecule has 0 saturated carbocycles. The van der Waals surface area contributed by atoms with E-state index in [0.29, 0.717) is 12.1 Å². The van der Waals surface area contributed by atoms with Gasteiger partial charge in [0, 0.05) is 52.6 Å². The lowest BCUT2D eigenvalue weighted by Crippen LogP contribution is -2.26. The van der Waals surface area contributed by atoms with Gasteiger partial charge in [-0.15, -0.1) is 0 Å². The van der Waals surface area contributed by atoms with Crippen LogP contribution < -0.4 is 5.32 Å². The molecule has 0 fully saturated rings. The summed E-state index contributed by atoms with van der Waals surface area (Å²) in [6.07, 6.45) is 0. The average Bonchev–Trinajstić information content (AvgIpc) is 3.20. The third kappa shape index (κ3) is 2.82. The van der Waals surface area contributed by atoms with Gasteiger partial charge in [0.1, 0.15) is 0 Å². The van der Waals surface area contributed by atoms with Crippen LogP contribution in [-0.2, 0) is 13.1 Å². The van der Waals surface area contributed by atoms with Crippen LogP contribution in [0, 0.1) is 0 Å². The first-order valence-electron chi connectivity index (χ1n) is 9.64. The van der Waals surface area contributed by atoms with Gasteiger partial charge in [-0.25, -0.2) is 0 Å². The Morgan fingerprint density at radius 1 is 1.15 bits per heavy atom. The average molecular weight is 363 g/mol. The Kier molecular flexibility index (Phi) is 4.48. The highest BCUT2D eigenvalue weighted by molar-refractivity contribution is 6.15. The van der Waals surface area contributed by atoms with E-state index in [9.17, 15) is 9.59 Å². The lowest BCUT2D eigenvalue weighted by atomic mass is 10.0. The van der Waals surface area contributed by atoms with E-state index in [2.05, 4.69) is 34.7 Å². The summed E-state index contributed by atoms with van der Waals surface area (Å²) < 4.78 is 2.33. The fourth-order valence-electron chi connectivity index (χ4n) is 4.16. The first-order chi connectivity index (χ1) is 13.0. The smallest absolute Gasteiger partial charge is 0.251 e. The number of ketones is 1. The molecule has 0 unspecified atom stereocenters. The Labute approximate surface area is 158 Å². The van der Waals surface area contributed by atoms with E-state index >= 15 is 0 Å². The molecular formula is C22H25N3O2. The van der Waals surface area contributed by atoms with Crippen molar-refractivity contribution in [3.05, 3.63) is 47.0 Å². The molecule has 0 bridgehead atoms. The lowest BCUT2D eigenvalue weighted by Gasteiger charge is -2.19. The van der Waals surface area contributed by atoms with E-state index in [-0.39, 0.29) is 11.7 Å². The summed E-state index contributed by atoms with van der Waals surface area (Å²) in [5, 5.41) is 5.09. The summed E-state index contributed by atoms with van der Waals surface area (Å²) in [7, 11) is 0. The molecule has 5 nitrogen and oxygen atoms in total. The van der Waals surface area contributed by atoms with Crippen LogP contribution in [0.1, 0.15) is 47.1 Å². The minimum atomic E-state index is -0.0151. The molecule has 1 N–H and O–H groups in total. The molecule has 0 radical (unpaired) electrons. The number of benzene rings is 2. The van der Waals surface area contributed by atoms with Gasteiger partial charge >= 0.3 is 0 Å². The van der Waals surface area contributed by atoms with Crippen LogP contribution in [0.3, 0.4) is 0 Å². The van der Waals surface area contributed by atoms with Crippen molar-refractivity contribution in [1.29, 1.82) is 0 Å². The van der Waals surface area contributed by atoms with E-state index in [4.69, 9.17) is 0 Å². The highest BCUT2D eigenvalue weighted by Gasteiger charge is 2.24. The highest BCUT2D eigenvalue weighted by Crippen LogP contribution is 2.35.